The summed E-state index contributed by atoms with van der Waals surface area (Å²) in [6.45, 7) is 2.98. The molecule has 2 unspecified atom stereocenters. The average molecular weight is 327 g/mol. The predicted molar refractivity (Wildman–Crippen MR) is 73.1 cm³/mol. The summed E-state index contributed by atoms with van der Waals surface area (Å²) in [5.74, 6) is -2.07. The molecule has 23 heavy (non-hydrogen) atoms. The number of esters is 1. The van der Waals surface area contributed by atoms with E-state index in [4.69, 9.17) is 9.25 Å². The highest BCUT2D eigenvalue weighted by molar-refractivity contribution is 6.14. The van der Waals surface area contributed by atoms with Gasteiger partial charge < -0.3 is 14.0 Å². The van der Waals surface area contributed by atoms with E-state index in [-0.39, 0.29) is 6.61 Å². The van der Waals surface area contributed by atoms with Crippen LogP contribution in [0.3, 0.4) is 0 Å². The number of urea groups is 1. The van der Waals surface area contributed by atoms with E-state index in [9.17, 15) is 18.8 Å². The van der Waals surface area contributed by atoms with Gasteiger partial charge in [-0.1, -0.05) is 5.16 Å². The molecule has 2 N–H and O–H groups in total. The van der Waals surface area contributed by atoms with Gasteiger partial charge in [0, 0.05) is 0 Å². The lowest BCUT2D eigenvalue weighted by molar-refractivity contribution is -0.179. The smallest absolute Gasteiger partial charge is 0.360 e. The Morgan fingerprint density at radius 1 is 1.52 bits per heavy atom. The van der Waals surface area contributed by atoms with Crippen molar-refractivity contribution in [1.82, 2.24) is 10.6 Å². The van der Waals surface area contributed by atoms with E-state index in [1.54, 1.807) is 24.4 Å². The third kappa shape index (κ3) is 3.30. The molecule has 10 heteroatoms. The van der Waals surface area contributed by atoms with Gasteiger partial charge >= 0.3 is 17.7 Å². The quantitative estimate of drug-likeness (QED) is 0.349. The summed E-state index contributed by atoms with van der Waals surface area (Å²) in [5, 5.41) is 7.01. The van der Waals surface area contributed by atoms with E-state index in [2.05, 4.69) is 9.89 Å². The second kappa shape index (κ2) is 6.46. The first-order valence-corrected chi connectivity index (χ1v) is 6.61. The molecule has 1 aromatic rings. The predicted octanol–water partition coefficient (Wildman–Crippen LogP) is 0.375. The fourth-order valence-corrected chi connectivity index (χ4v) is 1.77. The Kier molecular flexibility index (Phi) is 4.63. The Morgan fingerprint density at radius 3 is 2.87 bits per heavy atom. The van der Waals surface area contributed by atoms with E-state index in [1.807, 2.05) is 5.32 Å². The number of carbonyl (C=O) groups is 3. The zero-order chi connectivity index (χ0) is 17.0. The van der Waals surface area contributed by atoms with Crippen LogP contribution in [-0.4, -0.2) is 42.6 Å². The standard InChI is InChI=1S/C13H14FN3O6/c1-3-21-11(19)13(14)9(18)16-12(20)17-10(13)23-15-6-8-5-4-7(2)22-8/h4-6,10H,3H2,1-2H3,(H2,16,17,18,20)/b15-6+. The number of aryl methyl sites for hydroxylation is 1. The minimum absolute atomic E-state index is 0.159. The van der Waals surface area contributed by atoms with Crippen molar-refractivity contribution in [2.45, 2.75) is 25.7 Å². The molecule has 2 rings (SSSR count). The Hall–Kier alpha value is -2.91. The van der Waals surface area contributed by atoms with Crippen LogP contribution in [0.2, 0.25) is 0 Å². The summed E-state index contributed by atoms with van der Waals surface area (Å²) < 4.78 is 24.5. The summed E-state index contributed by atoms with van der Waals surface area (Å²) in [4.78, 5) is 39.5. The van der Waals surface area contributed by atoms with Crippen molar-refractivity contribution in [2.24, 2.45) is 5.16 Å². The molecular weight excluding hydrogens is 313 g/mol. The van der Waals surface area contributed by atoms with Crippen molar-refractivity contribution in [3.8, 4) is 0 Å². The largest absolute Gasteiger partial charge is 0.463 e. The van der Waals surface area contributed by atoms with Crippen LogP contribution < -0.4 is 10.6 Å². The van der Waals surface area contributed by atoms with Gasteiger partial charge in [0.15, 0.2) is 0 Å². The molecule has 0 saturated carbocycles. The topological polar surface area (TPSA) is 119 Å². The van der Waals surface area contributed by atoms with E-state index in [0.717, 1.165) is 6.21 Å². The van der Waals surface area contributed by atoms with Gasteiger partial charge in [0.05, 0.1) is 6.61 Å². The first kappa shape index (κ1) is 16.5. The number of hydrogen-bond acceptors (Lipinski definition) is 7. The maximum atomic E-state index is 14.8. The van der Waals surface area contributed by atoms with Crippen LogP contribution in [0.15, 0.2) is 21.7 Å². The number of rotatable bonds is 5. The number of furan rings is 1. The molecule has 124 valence electrons. The van der Waals surface area contributed by atoms with Gasteiger partial charge in [-0.25, -0.2) is 14.0 Å². The highest BCUT2D eigenvalue weighted by atomic mass is 19.1. The minimum atomic E-state index is -3.26. The zero-order valence-electron chi connectivity index (χ0n) is 12.3. The van der Waals surface area contributed by atoms with Crippen molar-refractivity contribution in [2.75, 3.05) is 6.61 Å². The van der Waals surface area contributed by atoms with Gasteiger partial charge in [-0.3, -0.25) is 15.4 Å². The highest BCUT2D eigenvalue weighted by Crippen LogP contribution is 2.23. The number of nitrogens with one attached hydrogen (secondary N) is 2. The normalized spacial score (nSPS) is 24.2. The number of oxime groups is 1. The molecule has 0 radical (unpaired) electrons. The molecule has 1 aliphatic rings. The van der Waals surface area contributed by atoms with Crippen LogP contribution in [0, 0.1) is 6.92 Å². The lowest BCUT2D eigenvalue weighted by Crippen LogP contribution is -2.70. The van der Waals surface area contributed by atoms with Crippen LogP contribution in [0.4, 0.5) is 9.18 Å². The van der Waals surface area contributed by atoms with Gasteiger partial charge in [-0.2, -0.15) is 0 Å². The maximum absolute atomic E-state index is 14.8. The third-order valence-corrected chi connectivity index (χ3v) is 2.86. The van der Waals surface area contributed by atoms with Gasteiger partial charge in [0.2, 0.25) is 0 Å². The number of carbonyl (C=O) groups excluding carboxylic acids is 3. The summed E-state index contributed by atoms with van der Waals surface area (Å²) in [5.41, 5.74) is -3.26. The van der Waals surface area contributed by atoms with Gasteiger partial charge in [-0.05, 0) is 26.0 Å². The maximum Gasteiger partial charge on any atom is 0.360 e. The molecule has 1 aliphatic heterocycles. The number of halogens is 1. The first-order valence-electron chi connectivity index (χ1n) is 6.61. The molecule has 2 heterocycles. The van der Waals surface area contributed by atoms with Crippen molar-refractivity contribution >= 4 is 24.1 Å². The molecule has 0 aliphatic carbocycles. The van der Waals surface area contributed by atoms with E-state index >= 15 is 0 Å². The number of imide groups is 1. The molecule has 0 bridgehead atoms. The van der Waals surface area contributed by atoms with Crippen molar-refractivity contribution < 1.29 is 32.8 Å². The van der Waals surface area contributed by atoms with E-state index < -0.39 is 29.8 Å². The highest BCUT2D eigenvalue weighted by Gasteiger charge is 2.61. The lowest BCUT2D eigenvalue weighted by Gasteiger charge is -2.32. The molecule has 3 amide bonds. The van der Waals surface area contributed by atoms with Crippen LogP contribution in [0.5, 0.6) is 0 Å². The van der Waals surface area contributed by atoms with Crippen LogP contribution in [0.25, 0.3) is 0 Å². The third-order valence-electron chi connectivity index (χ3n) is 2.86. The van der Waals surface area contributed by atoms with Crippen molar-refractivity contribution in [1.29, 1.82) is 0 Å². The van der Waals surface area contributed by atoms with Gasteiger partial charge in [0.1, 0.15) is 17.7 Å². The molecule has 1 fully saturated rings. The number of alkyl halides is 1. The number of hydrogen-bond donors (Lipinski definition) is 2. The lowest BCUT2D eigenvalue weighted by atomic mass is 10.0. The Morgan fingerprint density at radius 2 is 2.26 bits per heavy atom. The summed E-state index contributed by atoms with van der Waals surface area (Å²) >= 11 is 0. The molecule has 0 spiro atoms. The van der Waals surface area contributed by atoms with Crippen LogP contribution >= 0.6 is 0 Å². The minimum Gasteiger partial charge on any atom is -0.463 e. The number of amides is 3. The number of ether oxygens (including phenoxy) is 1. The molecule has 1 aromatic heterocycles. The summed E-state index contributed by atoms with van der Waals surface area (Å²) in [7, 11) is 0. The summed E-state index contributed by atoms with van der Waals surface area (Å²) in [6, 6.07) is 2.21. The van der Waals surface area contributed by atoms with E-state index in [1.165, 1.54) is 6.92 Å². The monoisotopic (exact) mass is 327 g/mol. The second-order valence-electron chi connectivity index (χ2n) is 4.53. The SMILES string of the molecule is CCOC(=O)C1(F)C(=O)NC(=O)NC1O/N=C/c1ccc(C)o1. The van der Waals surface area contributed by atoms with Crippen LogP contribution in [0.1, 0.15) is 18.4 Å². The van der Waals surface area contributed by atoms with E-state index in [0.29, 0.717) is 11.5 Å². The Labute approximate surface area is 129 Å². The zero-order valence-corrected chi connectivity index (χ0v) is 12.3. The van der Waals surface area contributed by atoms with Gasteiger partial charge in [0.25, 0.3) is 12.1 Å². The number of nitrogens with zero attached hydrogens (tertiary/aromatic N) is 1. The Bertz CT molecular complexity index is 658. The molecule has 0 aromatic carbocycles. The van der Waals surface area contributed by atoms with Gasteiger partial charge in [-0.15, -0.1) is 0 Å². The molecule has 9 nitrogen and oxygen atoms in total. The second-order valence-corrected chi connectivity index (χ2v) is 4.53. The van der Waals surface area contributed by atoms with Crippen molar-refractivity contribution in [3.63, 3.8) is 0 Å². The fraction of sp³-hybridized carbons (Fsp3) is 0.385. The molecule has 2 atom stereocenters. The fourth-order valence-electron chi connectivity index (χ4n) is 1.77. The summed E-state index contributed by atoms with van der Waals surface area (Å²) in [6.07, 6.45) is -0.882. The Balaban J connectivity index is 2.17. The first-order chi connectivity index (χ1) is 10.9. The molecular formula is C13H14FN3O6. The molecule has 1 saturated heterocycles. The van der Waals surface area contributed by atoms with Crippen molar-refractivity contribution in [3.05, 3.63) is 23.7 Å². The van der Waals surface area contributed by atoms with Crippen LogP contribution in [-0.2, 0) is 19.2 Å². The average Bonchev–Trinajstić information content (AvgIpc) is 2.89.